The van der Waals surface area contributed by atoms with Crippen molar-refractivity contribution in [3.05, 3.63) is 0 Å². The van der Waals surface area contributed by atoms with Gasteiger partial charge >= 0.3 is 0 Å². The molecule has 0 aromatic heterocycles. The van der Waals surface area contributed by atoms with Crippen LogP contribution >= 0.6 is 0 Å². The predicted molar refractivity (Wildman–Crippen MR) is 67.3 cm³/mol. The Kier molecular flexibility index (Phi) is 5.39. The third-order valence-electron chi connectivity index (χ3n) is 3.33. The first-order valence-corrected chi connectivity index (χ1v) is 7.86. The van der Waals surface area contributed by atoms with Crippen molar-refractivity contribution in [2.24, 2.45) is 5.73 Å². The molecular weight excluding hydrogens is 240 g/mol. The Hall–Kier alpha value is -0.620. The second-order valence-corrected chi connectivity index (χ2v) is 6.89. The molecule has 2 unspecified atom stereocenters. The van der Waals surface area contributed by atoms with Gasteiger partial charge in [0.1, 0.15) is 5.75 Å². The van der Waals surface area contributed by atoms with E-state index in [1.165, 1.54) is 7.05 Å². The van der Waals surface area contributed by atoms with Gasteiger partial charge in [0.25, 0.3) is 0 Å². The Labute approximate surface area is 103 Å². The molecule has 6 heteroatoms. The summed E-state index contributed by atoms with van der Waals surface area (Å²) in [7, 11) is -1.98. The lowest BCUT2D eigenvalue weighted by molar-refractivity contribution is -0.118. The van der Waals surface area contributed by atoms with Gasteiger partial charge in [-0.25, -0.2) is 8.42 Å². The minimum Gasteiger partial charge on any atom is -0.358 e. The van der Waals surface area contributed by atoms with Crippen molar-refractivity contribution in [1.29, 1.82) is 0 Å². The van der Waals surface area contributed by atoms with Crippen LogP contribution in [0, 0.1) is 0 Å². The summed E-state index contributed by atoms with van der Waals surface area (Å²) < 4.78 is 24.2. The smallest absolute Gasteiger partial charge is 0.234 e. The quantitative estimate of drug-likeness (QED) is 0.760. The molecule has 0 aliphatic heterocycles. The van der Waals surface area contributed by atoms with Crippen LogP contribution in [0.4, 0.5) is 0 Å². The zero-order valence-electron chi connectivity index (χ0n) is 10.3. The summed E-state index contributed by atoms with van der Waals surface area (Å²) in [6.07, 6.45) is 5.35. The van der Waals surface area contributed by atoms with Crippen LogP contribution in [-0.2, 0) is 14.6 Å². The van der Waals surface area contributed by atoms with Crippen molar-refractivity contribution in [3.8, 4) is 0 Å². The summed E-state index contributed by atoms with van der Waals surface area (Å²) in [5, 5.41) is 1.79. The van der Waals surface area contributed by atoms with Crippen LogP contribution in [0.25, 0.3) is 0 Å². The van der Waals surface area contributed by atoms with Crippen molar-refractivity contribution in [2.45, 2.75) is 49.8 Å². The van der Waals surface area contributed by atoms with Crippen LogP contribution in [0.15, 0.2) is 0 Å². The molecule has 0 heterocycles. The minimum atomic E-state index is -3.42. The fourth-order valence-corrected chi connectivity index (χ4v) is 4.21. The van der Waals surface area contributed by atoms with E-state index in [-0.39, 0.29) is 6.04 Å². The highest BCUT2D eigenvalue weighted by Gasteiger charge is 2.32. The summed E-state index contributed by atoms with van der Waals surface area (Å²) in [4.78, 5) is 11.2. The van der Waals surface area contributed by atoms with E-state index < -0.39 is 26.7 Å². The van der Waals surface area contributed by atoms with E-state index in [0.29, 0.717) is 6.42 Å². The maximum absolute atomic E-state index is 12.1. The summed E-state index contributed by atoms with van der Waals surface area (Å²) in [5.74, 6) is -0.902. The van der Waals surface area contributed by atoms with E-state index in [4.69, 9.17) is 5.73 Å². The van der Waals surface area contributed by atoms with E-state index in [1.807, 2.05) is 0 Å². The zero-order chi connectivity index (χ0) is 12.9. The van der Waals surface area contributed by atoms with Gasteiger partial charge in [0.05, 0.1) is 5.25 Å². The molecule has 2 atom stereocenters. The van der Waals surface area contributed by atoms with E-state index in [2.05, 4.69) is 5.32 Å². The number of hydrogen-bond acceptors (Lipinski definition) is 4. The number of sulfone groups is 1. The van der Waals surface area contributed by atoms with Crippen LogP contribution in [0.5, 0.6) is 0 Å². The average Bonchev–Trinajstić information content (AvgIpc) is 2.22. The average molecular weight is 262 g/mol. The zero-order valence-corrected chi connectivity index (χ0v) is 11.1. The van der Waals surface area contributed by atoms with Gasteiger partial charge in [-0.1, -0.05) is 25.7 Å². The number of nitrogens with two attached hydrogens (primary N) is 1. The molecule has 1 aliphatic rings. The number of rotatable bonds is 3. The third kappa shape index (κ3) is 4.27. The lowest BCUT2D eigenvalue weighted by atomic mass is 9.97. The van der Waals surface area contributed by atoms with Gasteiger partial charge < -0.3 is 11.1 Å². The van der Waals surface area contributed by atoms with Crippen LogP contribution in [0.3, 0.4) is 0 Å². The summed E-state index contributed by atoms with van der Waals surface area (Å²) in [6.45, 7) is 0. The molecule has 17 heavy (non-hydrogen) atoms. The van der Waals surface area contributed by atoms with Gasteiger partial charge in [0.15, 0.2) is 9.84 Å². The number of amides is 1. The summed E-state index contributed by atoms with van der Waals surface area (Å²) in [6, 6.07) is -0.329. The lowest BCUT2D eigenvalue weighted by Gasteiger charge is -2.25. The van der Waals surface area contributed by atoms with Crippen molar-refractivity contribution < 1.29 is 13.2 Å². The molecule has 0 aromatic carbocycles. The molecule has 0 saturated heterocycles. The SMILES string of the molecule is CNC(=O)CS(=O)(=O)C1CCCCCCC1N. The molecule has 3 N–H and O–H groups in total. The van der Waals surface area contributed by atoms with Crippen molar-refractivity contribution >= 4 is 15.7 Å². The largest absolute Gasteiger partial charge is 0.358 e. The molecular formula is C11H22N2O3S. The van der Waals surface area contributed by atoms with E-state index in [9.17, 15) is 13.2 Å². The fraction of sp³-hybridized carbons (Fsp3) is 0.909. The van der Waals surface area contributed by atoms with Crippen LogP contribution in [0.1, 0.15) is 38.5 Å². The number of carbonyl (C=O) groups is 1. The van der Waals surface area contributed by atoms with Gasteiger partial charge in [0, 0.05) is 13.1 Å². The summed E-state index contributed by atoms with van der Waals surface area (Å²) in [5.41, 5.74) is 5.94. The molecule has 0 spiro atoms. The topological polar surface area (TPSA) is 89.3 Å². The molecule has 1 saturated carbocycles. The molecule has 1 rings (SSSR count). The fourth-order valence-electron chi connectivity index (χ4n) is 2.29. The number of hydrogen-bond donors (Lipinski definition) is 2. The van der Waals surface area contributed by atoms with Gasteiger partial charge in [-0.3, -0.25) is 4.79 Å². The summed E-state index contributed by atoms with van der Waals surface area (Å²) >= 11 is 0. The Morgan fingerprint density at radius 1 is 1.24 bits per heavy atom. The first kappa shape index (κ1) is 14.4. The lowest BCUT2D eigenvalue weighted by Crippen LogP contribution is -2.44. The number of carbonyl (C=O) groups excluding carboxylic acids is 1. The van der Waals surface area contributed by atoms with E-state index >= 15 is 0 Å². The van der Waals surface area contributed by atoms with Crippen LogP contribution in [-0.4, -0.2) is 38.4 Å². The molecule has 0 aromatic rings. The Morgan fingerprint density at radius 3 is 2.41 bits per heavy atom. The number of nitrogens with one attached hydrogen (secondary N) is 1. The first-order valence-electron chi connectivity index (χ1n) is 6.15. The Bertz CT molecular complexity index is 354. The Balaban J connectivity index is 2.75. The predicted octanol–water partition coefficient (Wildman–Crippen LogP) is 0.197. The highest BCUT2D eigenvalue weighted by Crippen LogP contribution is 2.22. The van der Waals surface area contributed by atoms with Crippen molar-refractivity contribution in [1.82, 2.24) is 5.32 Å². The maximum Gasteiger partial charge on any atom is 0.234 e. The molecule has 5 nitrogen and oxygen atoms in total. The van der Waals surface area contributed by atoms with Crippen LogP contribution < -0.4 is 11.1 Å². The second-order valence-electron chi connectivity index (χ2n) is 4.67. The van der Waals surface area contributed by atoms with Gasteiger partial charge in [-0.15, -0.1) is 0 Å². The molecule has 1 fully saturated rings. The Morgan fingerprint density at radius 2 is 1.82 bits per heavy atom. The molecule has 1 aliphatic carbocycles. The van der Waals surface area contributed by atoms with Crippen molar-refractivity contribution in [2.75, 3.05) is 12.8 Å². The monoisotopic (exact) mass is 262 g/mol. The van der Waals surface area contributed by atoms with E-state index in [0.717, 1.165) is 32.1 Å². The molecule has 100 valence electrons. The maximum atomic E-state index is 12.1. The molecule has 1 amide bonds. The van der Waals surface area contributed by atoms with Crippen LogP contribution in [0.2, 0.25) is 0 Å². The third-order valence-corrected chi connectivity index (χ3v) is 5.50. The normalized spacial score (nSPS) is 26.9. The van der Waals surface area contributed by atoms with Gasteiger partial charge in [-0.2, -0.15) is 0 Å². The molecule has 0 bridgehead atoms. The second kappa shape index (κ2) is 6.35. The first-order chi connectivity index (χ1) is 7.97. The van der Waals surface area contributed by atoms with Gasteiger partial charge in [-0.05, 0) is 12.8 Å². The van der Waals surface area contributed by atoms with Gasteiger partial charge in [0.2, 0.25) is 5.91 Å². The molecule has 0 radical (unpaired) electrons. The highest BCUT2D eigenvalue weighted by molar-refractivity contribution is 7.92. The highest BCUT2D eigenvalue weighted by atomic mass is 32.2. The van der Waals surface area contributed by atoms with Crippen molar-refractivity contribution in [3.63, 3.8) is 0 Å². The standard InChI is InChI=1S/C11H22N2O3S/c1-13-11(14)8-17(15,16)10-7-5-3-2-4-6-9(10)12/h9-10H,2-8,12H2,1H3,(H,13,14). The van der Waals surface area contributed by atoms with E-state index in [1.54, 1.807) is 0 Å². The minimum absolute atomic E-state index is 0.329.